The Morgan fingerprint density at radius 3 is 2.87 bits per heavy atom. The van der Waals surface area contributed by atoms with Crippen LogP contribution in [0.2, 0.25) is 0 Å². The number of rotatable bonds is 2. The Balaban J connectivity index is 1.89. The van der Waals surface area contributed by atoms with E-state index in [-0.39, 0.29) is 5.69 Å². The van der Waals surface area contributed by atoms with Gasteiger partial charge in [0, 0.05) is 37.0 Å². The van der Waals surface area contributed by atoms with Gasteiger partial charge in [-0.3, -0.25) is 14.7 Å². The van der Waals surface area contributed by atoms with E-state index in [2.05, 4.69) is 20.8 Å². The van der Waals surface area contributed by atoms with Gasteiger partial charge < -0.3 is 15.6 Å². The maximum atomic E-state index is 12.7. The molecule has 3 heterocycles. The van der Waals surface area contributed by atoms with Gasteiger partial charge in [-0.25, -0.2) is 0 Å². The summed E-state index contributed by atoms with van der Waals surface area (Å²) >= 11 is 0. The number of aromatic amines is 2. The maximum Gasteiger partial charge on any atom is 0.417 e. The number of alkyl halides is 3. The number of carbonyl (C=O) groups is 1. The van der Waals surface area contributed by atoms with E-state index in [9.17, 15) is 22.8 Å². The number of hydrogen-bond donors (Lipinski definition) is 4. The maximum absolute atomic E-state index is 12.7. The Hall–Kier alpha value is -2.62. The first-order valence-electron chi connectivity index (χ1n) is 6.74. The molecule has 1 amide bonds. The Labute approximate surface area is 127 Å². The van der Waals surface area contributed by atoms with Crippen LogP contribution >= 0.6 is 0 Å². The molecule has 1 aliphatic heterocycles. The Morgan fingerprint density at radius 1 is 1.35 bits per heavy atom. The lowest BCUT2D eigenvalue weighted by molar-refractivity contribution is -0.137. The molecule has 10 heteroatoms. The second-order valence-corrected chi connectivity index (χ2v) is 5.04. The highest BCUT2D eigenvalue weighted by atomic mass is 19.4. The van der Waals surface area contributed by atoms with E-state index in [0.717, 1.165) is 12.2 Å². The predicted octanol–water partition coefficient (Wildman–Crippen LogP) is 1.01. The molecule has 0 fully saturated rings. The highest BCUT2D eigenvalue weighted by Gasteiger charge is 2.32. The number of hydrogen-bond acceptors (Lipinski definition) is 4. The van der Waals surface area contributed by atoms with Crippen LogP contribution in [0.1, 0.15) is 27.3 Å². The fourth-order valence-corrected chi connectivity index (χ4v) is 2.33. The molecule has 0 atom stereocenters. The molecule has 23 heavy (non-hydrogen) atoms. The van der Waals surface area contributed by atoms with Crippen LogP contribution in [0.4, 0.5) is 18.9 Å². The SMILES string of the molecule is O=C(Nc1cc(C(F)(F)F)c[nH]c1=O)c1n[nH]c2c1CNCC2. The van der Waals surface area contributed by atoms with E-state index >= 15 is 0 Å². The van der Waals surface area contributed by atoms with E-state index in [0.29, 0.717) is 30.8 Å². The number of amides is 1. The molecule has 0 unspecified atom stereocenters. The van der Waals surface area contributed by atoms with Crippen molar-refractivity contribution in [1.82, 2.24) is 20.5 Å². The molecule has 122 valence electrons. The van der Waals surface area contributed by atoms with Crippen LogP contribution in [0.15, 0.2) is 17.1 Å². The van der Waals surface area contributed by atoms with Gasteiger partial charge in [0.25, 0.3) is 11.5 Å². The standard InChI is InChI=1S/C13H12F3N5O2/c14-13(15,16)6-3-9(11(22)18-4-6)19-12(23)10-7-5-17-2-1-8(7)20-21-10/h3-4,17H,1-2,5H2,(H,18,22)(H,19,23)(H,20,21). The van der Waals surface area contributed by atoms with Crippen LogP contribution in [-0.4, -0.2) is 27.6 Å². The van der Waals surface area contributed by atoms with E-state index in [1.807, 2.05) is 4.98 Å². The molecular weight excluding hydrogens is 315 g/mol. The summed E-state index contributed by atoms with van der Waals surface area (Å²) in [5.41, 5.74) is -0.856. The van der Waals surface area contributed by atoms with Gasteiger partial charge in [-0.05, 0) is 6.07 Å². The zero-order valence-corrected chi connectivity index (χ0v) is 11.7. The zero-order chi connectivity index (χ0) is 16.6. The predicted molar refractivity (Wildman–Crippen MR) is 74.0 cm³/mol. The Bertz CT molecular complexity index is 809. The van der Waals surface area contributed by atoms with Gasteiger partial charge in [-0.15, -0.1) is 0 Å². The molecule has 4 N–H and O–H groups in total. The molecule has 0 spiro atoms. The number of anilines is 1. The van der Waals surface area contributed by atoms with E-state index in [4.69, 9.17) is 0 Å². The number of H-pyrrole nitrogens is 2. The number of nitrogens with one attached hydrogen (secondary N) is 4. The van der Waals surface area contributed by atoms with Crippen LogP contribution in [0.5, 0.6) is 0 Å². The summed E-state index contributed by atoms with van der Waals surface area (Å²) in [5, 5.41) is 11.9. The number of fused-ring (bicyclic) bond motifs is 1. The first kappa shape index (κ1) is 15.3. The second kappa shape index (κ2) is 5.54. The molecule has 0 saturated heterocycles. The normalized spacial score (nSPS) is 14.4. The molecule has 0 radical (unpaired) electrons. The fraction of sp³-hybridized carbons (Fsp3) is 0.308. The average molecular weight is 327 g/mol. The van der Waals surface area contributed by atoms with Crippen molar-refractivity contribution in [3.8, 4) is 0 Å². The molecular formula is C13H12F3N5O2. The minimum Gasteiger partial charge on any atom is -0.327 e. The van der Waals surface area contributed by atoms with Crippen LogP contribution in [0, 0.1) is 0 Å². The van der Waals surface area contributed by atoms with Gasteiger partial charge in [-0.1, -0.05) is 0 Å². The lowest BCUT2D eigenvalue weighted by Gasteiger charge is -2.13. The molecule has 0 bridgehead atoms. The van der Waals surface area contributed by atoms with E-state index in [1.165, 1.54) is 0 Å². The van der Waals surface area contributed by atoms with Crippen LogP contribution in [0.3, 0.4) is 0 Å². The number of aromatic nitrogens is 3. The van der Waals surface area contributed by atoms with Gasteiger partial charge in [0.2, 0.25) is 0 Å². The van der Waals surface area contributed by atoms with Crippen molar-refractivity contribution in [3.63, 3.8) is 0 Å². The van der Waals surface area contributed by atoms with Gasteiger partial charge in [-0.2, -0.15) is 18.3 Å². The quantitative estimate of drug-likeness (QED) is 0.661. The lowest BCUT2D eigenvalue weighted by Crippen LogP contribution is -2.26. The minimum absolute atomic E-state index is 0.0593. The van der Waals surface area contributed by atoms with Crippen LogP contribution < -0.4 is 16.2 Å². The molecule has 2 aromatic heterocycles. The topological polar surface area (TPSA) is 103 Å². The summed E-state index contributed by atoms with van der Waals surface area (Å²) in [6, 6.07) is 0.591. The van der Waals surface area contributed by atoms with Gasteiger partial charge in [0.1, 0.15) is 5.69 Å². The number of nitrogens with zero attached hydrogens (tertiary/aromatic N) is 1. The van der Waals surface area contributed by atoms with Crippen molar-refractivity contribution in [2.45, 2.75) is 19.1 Å². The lowest BCUT2D eigenvalue weighted by atomic mass is 10.1. The second-order valence-electron chi connectivity index (χ2n) is 5.04. The number of carbonyl (C=O) groups excluding carboxylic acids is 1. The van der Waals surface area contributed by atoms with Crippen molar-refractivity contribution in [2.75, 3.05) is 11.9 Å². The van der Waals surface area contributed by atoms with Crippen molar-refractivity contribution < 1.29 is 18.0 Å². The third-order valence-corrected chi connectivity index (χ3v) is 3.50. The van der Waals surface area contributed by atoms with Gasteiger partial charge in [0.05, 0.1) is 5.56 Å². The number of pyridine rings is 1. The Kier molecular flexibility index (Phi) is 3.68. The van der Waals surface area contributed by atoms with Crippen molar-refractivity contribution in [1.29, 1.82) is 0 Å². The first-order chi connectivity index (χ1) is 10.9. The fourth-order valence-electron chi connectivity index (χ4n) is 2.33. The molecule has 1 aliphatic rings. The van der Waals surface area contributed by atoms with Crippen molar-refractivity contribution in [2.24, 2.45) is 0 Å². The highest BCUT2D eigenvalue weighted by molar-refractivity contribution is 6.04. The molecule has 3 rings (SSSR count). The van der Waals surface area contributed by atoms with Gasteiger partial charge >= 0.3 is 6.18 Å². The van der Waals surface area contributed by atoms with Crippen molar-refractivity contribution >= 4 is 11.6 Å². The summed E-state index contributed by atoms with van der Waals surface area (Å²) in [6.45, 7) is 1.16. The molecule has 0 aromatic carbocycles. The highest BCUT2D eigenvalue weighted by Crippen LogP contribution is 2.29. The van der Waals surface area contributed by atoms with Crippen LogP contribution in [0.25, 0.3) is 0 Å². The summed E-state index contributed by atoms with van der Waals surface area (Å²) in [6.07, 6.45) is -3.41. The average Bonchev–Trinajstić information content (AvgIpc) is 2.92. The third-order valence-electron chi connectivity index (χ3n) is 3.50. The number of halogens is 3. The zero-order valence-electron chi connectivity index (χ0n) is 11.7. The smallest absolute Gasteiger partial charge is 0.327 e. The monoisotopic (exact) mass is 327 g/mol. The summed E-state index contributed by atoms with van der Waals surface area (Å²) in [5.74, 6) is -0.740. The van der Waals surface area contributed by atoms with Gasteiger partial charge in [0.15, 0.2) is 5.69 Å². The summed E-state index contributed by atoms with van der Waals surface area (Å²) < 4.78 is 38.0. The third kappa shape index (κ3) is 2.97. The van der Waals surface area contributed by atoms with Crippen molar-refractivity contribution in [3.05, 3.63) is 45.1 Å². The summed E-state index contributed by atoms with van der Waals surface area (Å²) in [4.78, 5) is 25.8. The summed E-state index contributed by atoms with van der Waals surface area (Å²) in [7, 11) is 0. The largest absolute Gasteiger partial charge is 0.417 e. The Morgan fingerprint density at radius 2 is 2.13 bits per heavy atom. The minimum atomic E-state index is -4.63. The molecule has 2 aromatic rings. The molecule has 7 nitrogen and oxygen atoms in total. The first-order valence-corrected chi connectivity index (χ1v) is 6.74. The van der Waals surface area contributed by atoms with Crippen LogP contribution in [-0.2, 0) is 19.1 Å². The van der Waals surface area contributed by atoms with E-state index < -0.39 is 28.9 Å². The van der Waals surface area contributed by atoms with E-state index in [1.54, 1.807) is 0 Å². The molecule has 0 aliphatic carbocycles. The molecule has 0 saturated carbocycles.